The minimum atomic E-state index is -5.44. The SMILES string of the molecule is Cc1[nH]cnc1CN1c2ccccc2CN(S(=O)(=O)C(F)(F)F)C[C@@H]1CCC1CCCC1. The largest absolute Gasteiger partial charge is 0.511 e. The molecule has 1 aliphatic heterocycles. The zero-order valence-electron chi connectivity index (χ0n) is 18.1. The van der Waals surface area contributed by atoms with Gasteiger partial charge in [-0.3, -0.25) is 0 Å². The number of halogens is 3. The molecule has 2 heterocycles. The maximum absolute atomic E-state index is 13.5. The van der Waals surface area contributed by atoms with Gasteiger partial charge in [0.25, 0.3) is 0 Å². The van der Waals surface area contributed by atoms with E-state index >= 15 is 0 Å². The number of rotatable bonds is 6. The second kappa shape index (κ2) is 9.05. The lowest BCUT2D eigenvalue weighted by Gasteiger charge is -2.34. The maximum Gasteiger partial charge on any atom is 0.511 e. The van der Waals surface area contributed by atoms with Gasteiger partial charge < -0.3 is 9.88 Å². The Kier molecular flexibility index (Phi) is 6.53. The molecule has 1 fully saturated rings. The molecule has 10 heteroatoms. The molecule has 32 heavy (non-hydrogen) atoms. The van der Waals surface area contributed by atoms with E-state index in [-0.39, 0.29) is 19.1 Å². The van der Waals surface area contributed by atoms with Gasteiger partial charge in [-0.05, 0) is 37.3 Å². The van der Waals surface area contributed by atoms with Crippen LogP contribution < -0.4 is 4.90 Å². The van der Waals surface area contributed by atoms with E-state index in [4.69, 9.17) is 0 Å². The summed E-state index contributed by atoms with van der Waals surface area (Å²) in [5, 5.41) is 0. The summed E-state index contributed by atoms with van der Waals surface area (Å²) in [5.74, 6) is 0.551. The van der Waals surface area contributed by atoms with Gasteiger partial charge in [0.2, 0.25) is 0 Å². The smallest absolute Gasteiger partial charge is 0.361 e. The van der Waals surface area contributed by atoms with Gasteiger partial charge in [-0.25, -0.2) is 13.4 Å². The van der Waals surface area contributed by atoms with Crippen LogP contribution in [0.25, 0.3) is 0 Å². The lowest BCUT2D eigenvalue weighted by molar-refractivity contribution is -0.0492. The highest BCUT2D eigenvalue weighted by Gasteiger charge is 2.51. The second-order valence-corrected chi connectivity index (χ2v) is 10.8. The van der Waals surface area contributed by atoms with Crippen LogP contribution in [0.5, 0.6) is 0 Å². The average molecular weight is 471 g/mol. The Bertz CT molecular complexity index is 1030. The molecule has 1 aliphatic carbocycles. The van der Waals surface area contributed by atoms with Crippen LogP contribution in [0.15, 0.2) is 30.6 Å². The molecule has 0 spiro atoms. The summed E-state index contributed by atoms with van der Waals surface area (Å²) in [6.07, 6.45) is 7.74. The molecule has 0 saturated heterocycles. The van der Waals surface area contributed by atoms with Crippen molar-refractivity contribution in [3.05, 3.63) is 47.5 Å². The summed E-state index contributed by atoms with van der Waals surface area (Å²) in [7, 11) is -5.44. The molecule has 4 rings (SSSR count). The maximum atomic E-state index is 13.5. The first-order valence-corrected chi connectivity index (χ1v) is 12.5. The predicted molar refractivity (Wildman–Crippen MR) is 116 cm³/mol. The molecule has 1 aromatic heterocycles. The van der Waals surface area contributed by atoms with Gasteiger partial charge in [-0.15, -0.1) is 0 Å². The highest BCUT2D eigenvalue weighted by Crippen LogP contribution is 2.37. The predicted octanol–water partition coefficient (Wildman–Crippen LogP) is 4.73. The Morgan fingerprint density at radius 3 is 2.53 bits per heavy atom. The summed E-state index contributed by atoms with van der Waals surface area (Å²) in [4.78, 5) is 9.49. The van der Waals surface area contributed by atoms with Crippen LogP contribution in [-0.2, 0) is 23.1 Å². The third-order valence-corrected chi connectivity index (χ3v) is 8.32. The Morgan fingerprint density at radius 2 is 1.88 bits per heavy atom. The number of nitrogens with zero attached hydrogens (tertiary/aromatic N) is 3. The molecule has 1 N–H and O–H groups in total. The number of aromatic nitrogens is 2. The molecule has 0 radical (unpaired) electrons. The molecule has 1 saturated carbocycles. The molecule has 0 unspecified atom stereocenters. The van der Waals surface area contributed by atoms with Crippen molar-refractivity contribution in [2.45, 2.75) is 70.1 Å². The van der Waals surface area contributed by atoms with Gasteiger partial charge in [-0.1, -0.05) is 43.9 Å². The van der Waals surface area contributed by atoms with Crippen molar-refractivity contribution in [3.8, 4) is 0 Å². The van der Waals surface area contributed by atoms with Crippen molar-refractivity contribution in [2.75, 3.05) is 11.4 Å². The summed E-state index contributed by atoms with van der Waals surface area (Å²) in [6.45, 7) is 1.81. The van der Waals surface area contributed by atoms with E-state index < -0.39 is 15.5 Å². The first kappa shape index (κ1) is 23.1. The molecule has 6 nitrogen and oxygen atoms in total. The van der Waals surface area contributed by atoms with E-state index in [1.165, 1.54) is 12.8 Å². The van der Waals surface area contributed by atoms with E-state index in [1.54, 1.807) is 18.5 Å². The first-order valence-electron chi connectivity index (χ1n) is 11.1. The number of anilines is 1. The Balaban J connectivity index is 1.72. The lowest BCUT2D eigenvalue weighted by atomic mass is 9.97. The minimum absolute atomic E-state index is 0.202. The molecule has 0 amide bonds. The lowest BCUT2D eigenvalue weighted by Crippen LogP contribution is -2.47. The highest BCUT2D eigenvalue weighted by molar-refractivity contribution is 7.89. The minimum Gasteiger partial charge on any atom is -0.361 e. The summed E-state index contributed by atoms with van der Waals surface area (Å²) in [6, 6.07) is 6.76. The highest BCUT2D eigenvalue weighted by atomic mass is 32.2. The van der Waals surface area contributed by atoms with Crippen LogP contribution in [0.1, 0.15) is 55.5 Å². The van der Waals surface area contributed by atoms with Crippen LogP contribution in [0.2, 0.25) is 0 Å². The second-order valence-electron chi connectivity index (χ2n) is 8.86. The van der Waals surface area contributed by atoms with Gasteiger partial charge in [0.15, 0.2) is 0 Å². The number of sulfonamides is 1. The normalized spacial score (nSPS) is 21.0. The van der Waals surface area contributed by atoms with Crippen molar-refractivity contribution in [3.63, 3.8) is 0 Å². The number of H-pyrrole nitrogens is 1. The summed E-state index contributed by atoms with van der Waals surface area (Å²) < 4.78 is 65.9. The van der Waals surface area contributed by atoms with Crippen LogP contribution in [0.4, 0.5) is 18.9 Å². The van der Waals surface area contributed by atoms with Crippen molar-refractivity contribution in [1.29, 1.82) is 0 Å². The quantitative estimate of drug-likeness (QED) is 0.663. The van der Waals surface area contributed by atoms with E-state index in [1.807, 2.05) is 19.1 Å². The average Bonchev–Trinajstić information content (AvgIpc) is 3.36. The van der Waals surface area contributed by atoms with Crippen molar-refractivity contribution >= 4 is 15.7 Å². The topological polar surface area (TPSA) is 69.3 Å². The Hall–Kier alpha value is -2.07. The standard InChI is InChI=1S/C22H29F3N4O2S/c1-16-20(27-15-26-16)14-29-19(11-10-17-6-2-3-7-17)13-28(32(30,31)22(23,24)25)12-18-8-4-5-9-21(18)29/h4-5,8-9,15,17,19H,2-3,6-7,10-14H2,1H3,(H,26,27)/t19-/m0/s1. The fourth-order valence-corrected chi connectivity index (χ4v) is 5.91. The number of hydrogen-bond donors (Lipinski definition) is 1. The molecule has 0 bridgehead atoms. The molecular weight excluding hydrogens is 441 g/mol. The van der Waals surface area contributed by atoms with Crippen molar-refractivity contribution < 1.29 is 21.6 Å². The van der Waals surface area contributed by atoms with Gasteiger partial charge in [0, 0.05) is 30.5 Å². The molecule has 1 aromatic carbocycles. The molecular formula is C22H29F3N4O2S. The number of fused-ring (bicyclic) bond motifs is 1. The molecule has 2 aliphatic rings. The number of hydrogen-bond acceptors (Lipinski definition) is 4. The van der Waals surface area contributed by atoms with E-state index in [9.17, 15) is 21.6 Å². The van der Waals surface area contributed by atoms with Crippen LogP contribution >= 0.6 is 0 Å². The van der Waals surface area contributed by atoms with Crippen molar-refractivity contribution in [1.82, 2.24) is 14.3 Å². The number of nitrogens with one attached hydrogen (secondary N) is 1. The summed E-state index contributed by atoms with van der Waals surface area (Å²) in [5.41, 5.74) is -2.30. The van der Waals surface area contributed by atoms with E-state index in [0.717, 1.165) is 36.3 Å². The summed E-state index contributed by atoms with van der Waals surface area (Å²) >= 11 is 0. The molecule has 2 aromatic rings. The Morgan fingerprint density at radius 1 is 1.16 bits per heavy atom. The molecule has 1 atom stereocenters. The number of alkyl halides is 3. The van der Waals surface area contributed by atoms with Crippen LogP contribution in [-0.4, -0.2) is 40.8 Å². The van der Waals surface area contributed by atoms with E-state index in [2.05, 4.69) is 14.9 Å². The van der Waals surface area contributed by atoms with Crippen LogP contribution in [0, 0.1) is 12.8 Å². The van der Waals surface area contributed by atoms with Gasteiger partial charge in [0.05, 0.1) is 18.6 Å². The zero-order valence-corrected chi connectivity index (χ0v) is 18.9. The number of aryl methyl sites for hydroxylation is 1. The third kappa shape index (κ3) is 4.66. The fourth-order valence-electron chi connectivity index (χ4n) is 4.94. The van der Waals surface area contributed by atoms with Gasteiger partial charge in [-0.2, -0.15) is 17.5 Å². The zero-order chi connectivity index (χ0) is 22.9. The Labute approximate surface area is 186 Å². The number of imidazole rings is 1. The van der Waals surface area contributed by atoms with Gasteiger partial charge in [0.1, 0.15) is 0 Å². The van der Waals surface area contributed by atoms with Crippen LogP contribution in [0.3, 0.4) is 0 Å². The van der Waals surface area contributed by atoms with Gasteiger partial charge >= 0.3 is 15.5 Å². The number of aromatic amines is 1. The molecule has 176 valence electrons. The first-order chi connectivity index (χ1) is 15.2. The number of benzene rings is 1. The third-order valence-electron chi connectivity index (χ3n) is 6.77. The monoisotopic (exact) mass is 470 g/mol. The van der Waals surface area contributed by atoms with E-state index in [0.29, 0.717) is 28.8 Å². The number of para-hydroxylation sites is 1. The fraction of sp³-hybridized carbons (Fsp3) is 0.591. The van der Waals surface area contributed by atoms with Crippen molar-refractivity contribution in [2.24, 2.45) is 5.92 Å².